The number of nitrogen functional groups attached to an aromatic ring is 1. The monoisotopic (exact) mass is 251 g/mol. The number of hydrogen-bond acceptors (Lipinski definition) is 4. The largest absolute Gasteiger partial charge is 0.432 e. The van der Waals surface area contributed by atoms with Gasteiger partial charge in [-0.05, 0) is 25.1 Å². The van der Waals surface area contributed by atoms with E-state index in [1.54, 1.807) is 19.1 Å². The molecular weight excluding hydrogens is 242 g/mol. The fourth-order valence-corrected chi connectivity index (χ4v) is 1.50. The van der Waals surface area contributed by atoms with Gasteiger partial charge in [-0.15, -0.1) is 0 Å². The molecule has 0 fully saturated rings. The van der Waals surface area contributed by atoms with Gasteiger partial charge in [0, 0.05) is 5.69 Å². The summed E-state index contributed by atoms with van der Waals surface area (Å²) in [6, 6.07) is 4.81. The summed E-state index contributed by atoms with van der Waals surface area (Å²) >= 11 is 5.90. The summed E-state index contributed by atoms with van der Waals surface area (Å²) in [4.78, 5) is 15.8. The van der Waals surface area contributed by atoms with E-state index in [-0.39, 0.29) is 11.6 Å². The highest BCUT2D eigenvalue weighted by Crippen LogP contribution is 2.20. The maximum absolute atomic E-state index is 11.8. The number of anilines is 2. The molecule has 3 N–H and O–H groups in total. The van der Waals surface area contributed by atoms with E-state index in [2.05, 4.69) is 10.3 Å². The van der Waals surface area contributed by atoms with Crippen molar-refractivity contribution in [1.29, 1.82) is 0 Å². The highest BCUT2D eigenvalue weighted by Gasteiger charge is 2.13. The van der Waals surface area contributed by atoms with Gasteiger partial charge in [0.15, 0.2) is 0 Å². The molecule has 0 aliphatic rings. The average Bonchev–Trinajstić information content (AvgIpc) is 2.67. The van der Waals surface area contributed by atoms with Crippen LogP contribution in [0.3, 0.4) is 0 Å². The highest BCUT2D eigenvalue weighted by molar-refractivity contribution is 6.34. The van der Waals surface area contributed by atoms with Crippen molar-refractivity contribution in [2.45, 2.75) is 6.92 Å². The first kappa shape index (κ1) is 11.5. The van der Waals surface area contributed by atoms with E-state index in [9.17, 15) is 4.79 Å². The lowest BCUT2D eigenvalue weighted by Gasteiger charge is -2.04. The summed E-state index contributed by atoms with van der Waals surface area (Å²) in [6.45, 7) is 1.76. The topological polar surface area (TPSA) is 81.2 Å². The van der Waals surface area contributed by atoms with Crippen LogP contribution in [-0.4, -0.2) is 10.9 Å². The van der Waals surface area contributed by atoms with Gasteiger partial charge < -0.3 is 10.2 Å². The second kappa shape index (κ2) is 4.47. The number of benzene rings is 1. The molecule has 88 valence electrons. The second-order valence-electron chi connectivity index (χ2n) is 3.49. The molecule has 0 spiro atoms. The molecule has 0 bridgehead atoms. The minimum Gasteiger partial charge on any atom is -0.432 e. The number of amides is 1. The Morgan fingerprint density at radius 2 is 2.29 bits per heavy atom. The van der Waals surface area contributed by atoms with Crippen LogP contribution in [0.4, 0.5) is 11.7 Å². The van der Waals surface area contributed by atoms with Crippen LogP contribution >= 0.6 is 11.6 Å². The summed E-state index contributed by atoms with van der Waals surface area (Å²) in [5.74, 6) is -0.413. The molecule has 5 nitrogen and oxygen atoms in total. The van der Waals surface area contributed by atoms with E-state index in [0.29, 0.717) is 16.4 Å². The molecule has 1 heterocycles. The van der Waals surface area contributed by atoms with Crippen molar-refractivity contribution >= 4 is 29.2 Å². The normalized spacial score (nSPS) is 10.2. The summed E-state index contributed by atoms with van der Waals surface area (Å²) in [7, 11) is 0. The van der Waals surface area contributed by atoms with Crippen LogP contribution in [0.15, 0.2) is 28.9 Å². The molecule has 0 unspecified atom stereocenters. The van der Waals surface area contributed by atoms with Crippen molar-refractivity contribution in [3.8, 4) is 0 Å². The number of nitrogens with one attached hydrogen (secondary N) is 1. The van der Waals surface area contributed by atoms with Crippen molar-refractivity contribution in [3.05, 3.63) is 40.7 Å². The molecule has 17 heavy (non-hydrogen) atoms. The fourth-order valence-electron chi connectivity index (χ4n) is 1.29. The molecule has 1 aromatic carbocycles. The smallest absolute Gasteiger partial charge is 0.301 e. The Kier molecular flexibility index (Phi) is 3.01. The molecule has 2 aromatic rings. The Labute approximate surface area is 103 Å². The Hall–Kier alpha value is -2.01. The van der Waals surface area contributed by atoms with Gasteiger partial charge in [0.05, 0.1) is 16.3 Å². The average molecular weight is 252 g/mol. The van der Waals surface area contributed by atoms with Crippen molar-refractivity contribution in [2.24, 2.45) is 0 Å². The number of oxazole rings is 1. The maximum atomic E-state index is 11.8. The maximum Gasteiger partial charge on any atom is 0.301 e. The number of halogens is 1. The lowest BCUT2D eigenvalue weighted by atomic mass is 10.2. The molecule has 1 amide bonds. The van der Waals surface area contributed by atoms with Crippen LogP contribution in [-0.2, 0) is 0 Å². The lowest BCUT2D eigenvalue weighted by molar-refractivity contribution is 0.102. The summed E-state index contributed by atoms with van der Waals surface area (Å²) in [6.07, 6.45) is 1.44. The van der Waals surface area contributed by atoms with Crippen LogP contribution in [0.5, 0.6) is 0 Å². The van der Waals surface area contributed by atoms with Gasteiger partial charge in [-0.2, -0.15) is 4.98 Å². The number of nitrogens with zero attached hydrogens (tertiary/aromatic N) is 1. The van der Waals surface area contributed by atoms with Crippen LogP contribution in [0.1, 0.15) is 16.1 Å². The van der Waals surface area contributed by atoms with E-state index in [1.165, 1.54) is 12.3 Å². The molecule has 2 rings (SSSR count). The van der Waals surface area contributed by atoms with Gasteiger partial charge in [0.1, 0.15) is 6.26 Å². The predicted molar refractivity (Wildman–Crippen MR) is 65.1 cm³/mol. The molecule has 0 radical (unpaired) electrons. The zero-order valence-corrected chi connectivity index (χ0v) is 9.78. The van der Waals surface area contributed by atoms with E-state index < -0.39 is 5.91 Å². The highest BCUT2D eigenvalue weighted by atomic mass is 35.5. The first-order valence-corrected chi connectivity index (χ1v) is 5.22. The molecule has 0 saturated heterocycles. The van der Waals surface area contributed by atoms with E-state index in [4.69, 9.17) is 21.8 Å². The van der Waals surface area contributed by atoms with Crippen LogP contribution < -0.4 is 11.1 Å². The van der Waals surface area contributed by atoms with Crippen LogP contribution in [0.2, 0.25) is 5.02 Å². The Bertz CT molecular complexity index is 566. The minimum absolute atomic E-state index is 0.131. The number of nitrogens with two attached hydrogens (primary N) is 1. The summed E-state index contributed by atoms with van der Waals surface area (Å²) in [5.41, 5.74) is 7.01. The number of hydrogen-bond donors (Lipinski definition) is 2. The molecule has 6 heteroatoms. The molecule has 0 atom stereocenters. The zero-order chi connectivity index (χ0) is 12.4. The Balaban J connectivity index is 2.22. The van der Waals surface area contributed by atoms with Gasteiger partial charge in [-0.25, -0.2) is 0 Å². The first-order valence-electron chi connectivity index (χ1n) is 4.85. The van der Waals surface area contributed by atoms with Gasteiger partial charge in [-0.3, -0.25) is 10.1 Å². The third-order valence-corrected chi connectivity index (χ3v) is 2.40. The third kappa shape index (κ3) is 2.57. The quantitative estimate of drug-likeness (QED) is 0.804. The molecular formula is C11H10ClN3O2. The first-order chi connectivity index (χ1) is 8.06. The molecule has 0 saturated carbocycles. The third-order valence-electron chi connectivity index (χ3n) is 2.07. The lowest BCUT2D eigenvalue weighted by Crippen LogP contribution is -2.13. The van der Waals surface area contributed by atoms with E-state index in [1.807, 2.05) is 0 Å². The number of aryl methyl sites for hydroxylation is 1. The summed E-state index contributed by atoms with van der Waals surface area (Å²) in [5, 5.41) is 2.81. The number of carbonyl (C=O) groups is 1. The number of aromatic nitrogens is 1. The van der Waals surface area contributed by atoms with Crippen molar-refractivity contribution in [3.63, 3.8) is 0 Å². The SMILES string of the molecule is Cc1coc(NC(=O)c2cc(N)ccc2Cl)n1. The standard InChI is InChI=1S/C11H10ClN3O2/c1-6-5-17-11(14-6)15-10(16)8-4-7(13)2-3-9(8)12/h2-5H,13H2,1H3,(H,14,15,16). The predicted octanol–water partition coefficient (Wildman–Crippen LogP) is 2.47. The Morgan fingerprint density at radius 3 is 2.94 bits per heavy atom. The molecule has 0 aliphatic carbocycles. The van der Waals surface area contributed by atoms with Crippen LogP contribution in [0.25, 0.3) is 0 Å². The molecule has 1 aromatic heterocycles. The zero-order valence-electron chi connectivity index (χ0n) is 9.03. The van der Waals surface area contributed by atoms with Gasteiger partial charge >= 0.3 is 6.01 Å². The minimum atomic E-state index is -0.413. The van der Waals surface area contributed by atoms with Crippen molar-refractivity contribution < 1.29 is 9.21 Å². The van der Waals surface area contributed by atoms with E-state index in [0.717, 1.165) is 0 Å². The van der Waals surface area contributed by atoms with Gasteiger partial charge in [-0.1, -0.05) is 11.6 Å². The van der Waals surface area contributed by atoms with Gasteiger partial charge in [0.25, 0.3) is 5.91 Å². The van der Waals surface area contributed by atoms with Crippen LogP contribution in [0, 0.1) is 6.92 Å². The molecule has 0 aliphatic heterocycles. The van der Waals surface area contributed by atoms with Gasteiger partial charge in [0.2, 0.25) is 0 Å². The summed E-state index contributed by atoms with van der Waals surface area (Å²) < 4.78 is 5.01. The number of rotatable bonds is 2. The second-order valence-corrected chi connectivity index (χ2v) is 3.89. The van der Waals surface area contributed by atoms with Crippen molar-refractivity contribution in [1.82, 2.24) is 4.98 Å². The van der Waals surface area contributed by atoms with Crippen molar-refractivity contribution in [2.75, 3.05) is 11.1 Å². The fraction of sp³-hybridized carbons (Fsp3) is 0.0909. The number of carbonyl (C=O) groups excluding carboxylic acids is 1. The Morgan fingerprint density at radius 1 is 1.53 bits per heavy atom. The van der Waals surface area contributed by atoms with E-state index >= 15 is 0 Å².